The molecule has 0 spiro atoms. The number of pyridine rings is 1. The van der Waals surface area contributed by atoms with Gasteiger partial charge in [0.05, 0.1) is 17.5 Å². The van der Waals surface area contributed by atoms with Gasteiger partial charge in [-0.3, -0.25) is 9.88 Å². The van der Waals surface area contributed by atoms with Crippen molar-refractivity contribution in [1.29, 1.82) is 0 Å². The second kappa shape index (κ2) is 12.7. The summed E-state index contributed by atoms with van der Waals surface area (Å²) < 4.78 is 58.2. The van der Waals surface area contributed by atoms with E-state index < -0.39 is 23.3 Å². The van der Waals surface area contributed by atoms with Gasteiger partial charge in [-0.2, -0.15) is 9.97 Å². The Labute approximate surface area is 272 Å². The summed E-state index contributed by atoms with van der Waals surface area (Å²) >= 11 is 0. The number of rotatable bonds is 9. The van der Waals surface area contributed by atoms with Crippen molar-refractivity contribution in [2.75, 3.05) is 51.4 Å². The number of hydrogen-bond acceptors (Lipinski definition) is 9. The summed E-state index contributed by atoms with van der Waals surface area (Å²) in [5, 5.41) is 15.7. The lowest BCUT2D eigenvalue weighted by molar-refractivity contribution is 0.107. The summed E-state index contributed by atoms with van der Waals surface area (Å²) in [6, 6.07) is 6.02. The number of benzene rings is 2. The lowest BCUT2D eigenvalue weighted by atomic mass is 9.94. The summed E-state index contributed by atoms with van der Waals surface area (Å²) in [5.41, 5.74) is 0.186. The molecule has 3 aliphatic heterocycles. The number of piperazine rings is 1. The molecule has 9 nitrogen and oxygen atoms in total. The van der Waals surface area contributed by atoms with Gasteiger partial charge in [-0.05, 0) is 66.8 Å². The average Bonchev–Trinajstić information content (AvgIpc) is 3.59. The van der Waals surface area contributed by atoms with Gasteiger partial charge in [0.1, 0.15) is 41.4 Å². The van der Waals surface area contributed by atoms with Crippen molar-refractivity contribution in [3.8, 4) is 23.0 Å². The van der Waals surface area contributed by atoms with Gasteiger partial charge in [-0.25, -0.2) is 13.2 Å². The standard InChI is InChI=1S/C35H41F3N6O3/c1-4-22-16-43(17-23(40-22)18-46-3)33-27-14-39-31(26-12-24(45)11-20-7-8-28(37)25(5-2)29(20)26)30(38)32(27)41-34(42-33)47-19-35-9-6-10-44(35)15-21(36)13-35/h7-8,11-12,14,21-23,40,45H,4-6,9-10,13,15-19H2,1-3H3/t21-,22+,23?,35+/m1/s1. The predicted molar refractivity (Wildman–Crippen MR) is 175 cm³/mol. The molecule has 4 aromatic rings. The molecule has 0 aliphatic carbocycles. The van der Waals surface area contributed by atoms with Gasteiger partial charge in [0, 0.05) is 57.0 Å². The lowest BCUT2D eigenvalue weighted by Crippen LogP contribution is -2.58. The van der Waals surface area contributed by atoms with Crippen molar-refractivity contribution in [2.24, 2.45) is 0 Å². The van der Waals surface area contributed by atoms with E-state index in [1.165, 1.54) is 18.2 Å². The Hall–Kier alpha value is -3.74. The van der Waals surface area contributed by atoms with E-state index in [1.54, 1.807) is 19.4 Å². The Bertz CT molecular complexity index is 1810. The van der Waals surface area contributed by atoms with Crippen LogP contribution in [0.15, 0.2) is 30.5 Å². The van der Waals surface area contributed by atoms with Gasteiger partial charge in [0.15, 0.2) is 5.82 Å². The lowest BCUT2D eigenvalue weighted by Gasteiger charge is -2.39. The van der Waals surface area contributed by atoms with Gasteiger partial charge >= 0.3 is 6.01 Å². The number of aromatic nitrogens is 3. The maximum absolute atomic E-state index is 16.9. The van der Waals surface area contributed by atoms with Crippen molar-refractivity contribution in [1.82, 2.24) is 25.2 Å². The van der Waals surface area contributed by atoms with Crippen LogP contribution >= 0.6 is 0 Å². The fourth-order valence-corrected chi connectivity index (χ4v) is 7.96. The fourth-order valence-electron chi connectivity index (χ4n) is 7.96. The van der Waals surface area contributed by atoms with E-state index in [4.69, 9.17) is 14.5 Å². The quantitative estimate of drug-likeness (QED) is 0.242. The number of alkyl halides is 1. The maximum Gasteiger partial charge on any atom is 0.319 e. The smallest absolute Gasteiger partial charge is 0.319 e. The number of phenols is 1. The number of fused-ring (bicyclic) bond motifs is 3. The number of nitrogens with zero attached hydrogens (tertiary/aromatic N) is 5. The maximum atomic E-state index is 16.9. The highest BCUT2D eigenvalue weighted by atomic mass is 19.1. The summed E-state index contributed by atoms with van der Waals surface area (Å²) in [6.45, 7) is 6.98. The van der Waals surface area contributed by atoms with Crippen LogP contribution in [0.2, 0.25) is 0 Å². The van der Waals surface area contributed by atoms with E-state index in [2.05, 4.69) is 32.0 Å². The molecule has 3 saturated heterocycles. The minimum atomic E-state index is -0.919. The molecule has 47 heavy (non-hydrogen) atoms. The molecule has 1 unspecified atom stereocenters. The molecular formula is C35H41F3N6O3. The first-order valence-corrected chi connectivity index (χ1v) is 16.6. The Morgan fingerprint density at radius 3 is 2.72 bits per heavy atom. The summed E-state index contributed by atoms with van der Waals surface area (Å²) in [6.07, 6.45) is 4.01. The number of anilines is 1. The van der Waals surface area contributed by atoms with Crippen molar-refractivity contribution in [3.05, 3.63) is 47.7 Å². The summed E-state index contributed by atoms with van der Waals surface area (Å²) in [7, 11) is 1.66. The molecule has 0 amide bonds. The highest BCUT2D eigenvalue weighted by Gasteiger charge is 2.49. The zero-order valence-electron chi connectivity index (χ0n) is 27.0. The zero-order chi connectivity index (χ0) is 32.9. The van der Waals surface area contributed by atoms with Gasteiger partial charge in [0.25, 0.3) is 0 Å². The first-order valence-electron chi connectivity index (χ1n) is 16.6. The first kappa shape index (κ1) is 31.8. The monoisotopic (exact) mass is 650 g/mol. The average molecular weight is 651 g/mol. The largest absolute Gasteiger partial charge is 0.508 e. The Kier molecular flexibility index (Phi) is 8.60. The number of ether oxygens (including phenoxy) is 2. The van der Waals surface area contributed by atoms with E-state index >= 15 is 4.39 Å². The van der Waals surface area contributed by atoms with Crippen molar-refractivity contribution in [3.63, 3.8) is 0 Å². The first-order chi connectivity index (χ1) is 22.7. The van der Waals surface area contributed by atoms with Crippen LogP contribution in [0.5, 0.6) is 11.8 Å². The van der Waals surface area contributed by atoms with Gasteiger partial charge in [-0.15, -0.1) is 0 Å². The van der Waals surface area contributed by atoms with Crippen LogP contribution in [0.25, 0.3) is 32.9 Å². The third-order valence-corrected chi connectivity index (χ3v) is 10.1. The molecule has 3 aliphatic rings. The minimum absolute atomic E-state index is 0.00279. The molecular weight excluding hydrogens is 609 g/mol. The van der Waals surface area contributed by atoms with Crippen LogP contribution in [0.4, 0.5) is 19.0 Å². The highest BCUT2D eigenvalue weighted by molar-refractivity contribution is 6.01. The molecule has 2 aromatic carbocycles. The van der Waals surface area contributed by atoms with Crippen LogP contribution in [-0.2, 0) is 11.2 Å². The van der Waals surface area contributed by atoms with E-state index in [1.807, 2.05) is 6.92 Å². The van der Waals surface area contributed by atoms with Crippen LogP contribution in [0.1, 0.15) is 45.1 Å². The number of aromatic hydroxyl groups is 1. The van der Waals surface area contributed by atoms with Gasteiger partial charge in [-0.1, -0.05) is 19.9 Å². The second-order valence-electron chi connectivity index (χ2n) is 13.2. The van der Waals surface area contributed by atoms with Gasteiger partial charge in [0.2, 0.25) is 0 Å². The van der Waals surface area contributed by atoms with Crippen LogP contribution in [0.3, 0.4) is 0 Å². The molecule has 250 valence electrons. The third-order valence-electron chi connectivity index (χ3n) is 10.1. The molecule has 12 heteroatoms. The van der Waals surface area contributed by atoms with E-state index in [9.17, 15) is 13.9 Å². The number of aryl methyl sites for hydroxylation is 1. The Balaban J connectivity index is 1.37. The molecule has 2 aromatic heterocycles. The molecule has 0 saturated carbocycles. The Morgan fingerprint density at radius 2 is 1.94 bits per heavy atom. The molecule has 7 rings (SSSR count). The van der Waals surface area contributed by atoms with Gasteiger partial charge < -0.3 is 24.8 Å². The van der Waals surface area contributed by atoms with Crippen LogP contribution in [-0.4, -0.2) is 95.3 Å². The van der Waals surface area contributed by atoms with E-state index in [0.717, 1.165) is 25.8 Å². The molecule has 4 atom stereocenters. The number of phenolic OH excluding ortho intramolecular Hbond substituents is 1. The second-order valence-corrected chi connectivity index (χ2v) is 13.2. The number of methoxy groups -OCH3 is 1. The zero-order valence-corrected chi connectivity index (χ0v) is 27.0. The molecule has 5 heterocycles. The fraction of sp³-hybridized carbons (Fsp3) is 0.514. The van der Waals surface area contributed by atoms with Crippen molar-refractivity contribution in [2.45, 2.75) is 69.7 Å². The van der Waals surface area contributed by atoms with Crippen LogP contribution in [0, 0.1) is 11.6 Å². The Morgan fingerprint density at radius 1 is 1.11 bits per heavy atom. The normalized spacial score (nSPS) is 24.8. The summed E-state index contributed by atoms with van der Waals surface area (Å²) in [4.78, 5) is 18.2. The number of hydrogen-bond donors (Lipinski definition) is 2. The molecule has 2 N–H and O–H groups in total. The summed E-state index contributed by atoms with van der Waals surface area (Å²) in [5.74, 6) is -0.740. The topological polar surface area (TPSA) is 95.9 Å². The minimum Gasteiger partial charge on any atom is -0.508 e. The molecule has 0 bridgehead atoms. The van der Waals surface area contributed by atoms with E-state index in [0.29, 0.717) is 66.6 Å². The molecule has 3 fully saturated rings. The highest BCUT2D eigenvalue weighted by Crippen LogP contribution is 2.42. The predicted octanol–water partition coefficient (Wildman–Crippen LogP) is 5.55. The van der Waals surface area contributed by atoms with Crippen LogP contribution < -0.4 is 15.0 Å². The molecule has 0 radical (unpaired) electrons. The number of halogens is 3. The van der Waals surface area contributed by atoms with E-state index in [-0.39, 0.29) is 47.2 Å². The van der Waals surface area contributed by atoms with Crippen molar-refractivity contribution < 1.29 is 27.8 Å². The SMILES string of the molecule is CCc1c(F)ccc2cc(O)cc(-c3ncc4c(N5CC(COC)N[C@@H](CC)C5)nc(OC[C@@]56CCCN5C[C@H](F)C6)nc4c3F)c12. The third kappa shape index (κ3) is 5.74. The number of nitrogens with one attached hydrogen (secondary N) is 1. The van der Waals surface area contributed by atoms with Crippen molar-refractivity contribution >= 4 is 27.5 Å².